The molecule has 0 aliphatic rings. The molecule has 0 aliphatic heterocycles. The van der Waals surface area contributed by atoms with Crippen LogP contribution in [0.4, 0.5) is 0 Å². The molecule has 2 aromatic rings. The fourth-order valence-corrected chi connectivity index (χ4v) is 1.46. The van der Waals surface area contributed by atoms with E-state index in [4.69, 9.17) is 5.26 Å². The van der Waals surface area contributed by atoms with E-state index >= 15 is 0 Å². The third kappa shape index (κ3) is 3.82. The van der Waals surface area contributed by atoms with Crippen molar-refractivity contribution in [2.75, 3.05) is 0 Å². The number of carbonyl (C=O) groups is 1. The minimum absolute atomic E-state index is 0.182. The average molecular weight is 252 g/mol. The van der Waals surface area contributed by atoms with Crippen LogP contribution in [0.2, 0.25) is 0 Å². The van der Waals surface area contributed by atoms with Gasteiger partial charge in [0, 0.05) is 12.3 Å². The number of imidazole rings is 1. The van der Waals surface area contributed by atoms with Crippen molar-refractivity contribution in [3.05, 3.63) is 59.7 Å². The second-order valence-corrected chi connectivity index (χ2v) is 3.86. The van der Waals surface area contributed by atoms with Crippen LogP contribution in [0, 0.1) is 11.3 Å². The van der Waals surface area contributed by atoms with E-state index in [1.54, 1.807) is 42.9 Å². The molecule has 2 N–H and O–H groups in total. The van der Waals surface area contributed by atoms with Gasteiger partial charge in [0.15, 0.2) is 0 Å². The van der Waals surface area contributed by atoms with Crippen LogP contribution in [0.3, 0.4) is 0 Å². The first-order valence-corrected chi connectivity index (χ1v) is 5.71. The molecule has 5 heteroatoms. The maximum absolute atomic E-state index is 11.6. The van der Waals surface area contributed by atoms with Crippen LogP contribution in [0.15, 0.2) is 42.9 Å². The van der Waals surface area contributed by atoms with Crippen LogP contribution in [-0.2, 0) is 11.3 Å². The molecule has 0 radical (unpaired) electrons. The number of H-pyrrole nitrogens is 1. The number of rotatable bonds is 4. The highest BCUT2D eigenvalue weighted by molar-refractivity contribution is 5.91. The van der Waals surface area contributed by atoms with Crippen LogP contribution in [0.1, 0.15) is 16.8 Å². The zero-order valence-corrected chi connectivity index (χ0v) is 10.1. The number of benzene rings is 1. The summed E-state index contributed by atoms with van der Waals surface area (Å²) in [6.07, 6.45) is 6.37. The molecule has 0 fully saturated rings. The molecule has 1 aromatic carbocycles. The van der Waals surface area contributed by atoms with Gasteiger partial charge < -0.3 is 10.3 Å². The van der Waals surface area contributed by atoms with E-state index in [0.29, 0.717) is 12.1 Å². The molecular weight excluding hydrogens is 240 g/mol. The normalized spacial score (nSPS) is 10.3. The third-order valence-corrected chi connectivity index (χ3v) is 2.47. The smallest absolute Gasteiger partial charge is 0.244 e. The summed E-state index contributed by atoms with van der Waals surface area (Å²) in [4.78, 5) is 18.3. The third-order valence-electron chi connectivity index (χ3n) is 2.47. The molecule has 5 nitrogen and oxygen atoms in total. The Balaban J connectivity index is 1.87. The number of aromatic nitrogens is 2. The number of hydrogen-bond acceptors (Lipinski definition) is 3. The summed E-state index contributed by atoms with van der Waals surface area (Å²) < 4.78 is 0. The molecule has 2 rings (SSSR count). The monoisotopic (exact) mass is 252 g/mol. The summed E-state index contributed by atoms with van der Waals surface area (Å²) in [5.74, 6) is -0.182. The molecule has 0 atom stereocenters. The second-order valence-electron chi connectivity index (χ2n) is 3.86. The Kier molecular flexibility index (Phi) is 4.09. The highest BCUT2D eigenvalue weighted by Gasteiger charge is 1.97. The Labute approximate surface area is 110 Å². The molecule has 0 bridgehead atoms. The first-order chi connectivity index (χ1) is 9.28. The van der Waals surface area contributed by atoms with Crippen molar-refractivity contribution in [3.63, 3.8) is 0 Å². The maximum Gasteiger partial charge on any atom is 0.244 e. The van der Waals surface area contributed by atoms with Crippen molar-refractivity contribution in [2.45, 2.75) is 6.54 Å². The molecule has 0 spiro atoms. The van der Waals surface area contributed by atoms with Crippen LogP contribution in [-0.4, -0.2) is 15.9 Å². The van der Waals surface area contributed by atoms with Crippen molar-refractivity contribution in [1.29, 1.82) is 5.26 Å². The SMILES string of the molecule is N#Cc1ccc(C=CC(=O)NCc2cnc[nH]2)cc1. The predicted octanol–water partition coefficient (Wildman–Crippen LogP) is 1.61. The summed E-state index contributed by atoms with van der Waals surface area (Å²) in [6, 6.07) is 9.04. The molecule has 1 heterocycles. The number of carbonyl (C=O) groups excluding carboxylic acids is 1. The molecule has 0 saturated heterocycles. The van der Waals surface area contributed by atoms with Gasteiger partial charge in [-0.2, -0.15) is 5.26 Å². The minimum atomic E-state index is -0.182. The molecule has 1 aromatic heterocycles. The van der Waals surface area contributed by atoms with E-state index in [1.165, 1.54) is 6.08 Å². The lowest BCUT2D eigenvalue weighted by Crippen LogP contribution is -2.20. The van der Waals surface area contributed by atoms with Gasteiger partial charge in [-0.25, -0.2) is 4.98 Å². The number of nitriles is 1. The van der Waals surface area contributed by atoms with Crippen molar-refractivity contribution in [1.82, 2.24) is 15.3 Å². The fraction of sp³-hybridized carbons (Fsp3) is 0.0714. The minimum Gasteiger partial charge on any atom is -0.347 e. The largest absolute Gasteiger partial charge is 0.347 e. The first kappa shape index (κ1) is 12.6. The lowest BCUT2D eigenvalue weighted by Gasteiger charge is -1.99. The Morgan fingerprint density at radius 3 is 2.84 bits per heavy atom. The molecule has 94 valence electrons. The average Bonchev–Trinajstić information content (AvgIpc) is 2.96. The van der Waals surface area contributed by atoms with E-state index < -0.39 is 0 Å². The Bertz CT molecular complexity index is 606. The van der Waals surface area contributed by atoms with Crippen LogP contribution in [0.25, 0.3) is 6.08 Å². The molecule has 0 unspecified atom stereocenters. The number of hydrogen-bond donors (Lipinski definition) is 2. The van der Waals surface area contributed by atoms with E-state index in [1.807, 2.05) is 6.07 Å². The van der Waals surface area contributed by atoms with Crippen molar-refractivity contribution in [2.24, 2.45) is 0 Å². The van der Waals surface area contributed by atoms with E-state index in [0.717, 1.165) is 11.3 Å². The molecule has 19 heavy (non-hydrogen) atoms. The predicted molar refractivity (Wildman–Crippen MR) is 70.6 cm³/mol. The Morgan fingerprint density at radius 2 is 2.21 bits per heavy atom. The molecule has 1 amide bonds. The van der Waals surface area contributed by atoms with Crippen molar-refractivity contribution < 1.29 is 4.79 Å². The van der Waals surface area contributed by atoms with Gasteiger partial charge in [0.25, 0.3) is 0 Å². The standard InChI is InChI=1S/C14H12N4O/c15-7-12-3-1-11(2-4-12)5-6-14(19)17-9-13-8-16-10-18-13/h1-6,8,10H,9H2,(H,16,18)(H,17,19). The van der Waals surface area contributed by atoms with Crippen molar-refractivity contribution >= 4 is 12.0 Å². The van der Waals surface area contributed by atoms with E-state index in [9.17, 15) is 4.79 Å². The summed E-state index contributed by atoms with van der Waals surface area (Å²) in [7, 11) is 0. The fourth-order valence-electron chi connectivity index (χ4n) is 1.46. The van der Waals surface area contributed by atoms with Gasteiger partial charge >= 0.3 is 0 Å². The van der Waals surface area contributed by atoms with Crippen LogP contribution >= 0.6 is 0 Å². The Morgan fingerprint density at radius 1 is 1.42 bits per heavy atom. The lowest BCUT2D eigenvalue weighted by atomic mass is 10.1. The van der Waals surface area contributed by atoms with Gasteiger partial charge in [-0.1, -0.05) is 12.1 Å². The van der Waals surface area contributed by atoms with Crippen LogP contribution in [0.5, 0.6) is 0 Å². The summed E-state index contributed by atoms with van der Waals surface area (Å²) >= 11 is 0. The first-order valence-electron chi connectivity index (χ1n) is 5.71. The number of nitrogens with one attached hydrogen (secondary N) is 2. The summed E-state index contributed by atoms with van der Waals surface area (Å²) in [5, 5.41) is 11.4. The van der Waals surface area contributed by atoms with Crippen molar-refractivity contribution in [3.8, 4) is 6.07 Å². The second kappa shape index (κ2) is 6.17. The number of nitrogens with zero attached hydrogens (tertiary/aromatic N) is 2. The number of aromatic amines is 1. The van der Waals surface area contributed by atoms with Gasteiger partial charge in [0.05, 0.1) is 30.2 Å². The lowest BCUT2D eigenvalue weighted by molar-refractivity contribution is -0.116. The van der Waals surface area contributed by atoms with Gasteiger partial charge in [-0.3, -0.25) is 4.79 Å². The van der Waals surface area contributed by atoms with Gasteiger partial charge in [-0.15, -0.1) is 0 Å². The van der Waals surface area contributed by atoms with Crippen LogP contribution < -0.4 is 5.32 Å². The van der Waals surface area contributed by atoms with E-state index in [2.05, 4.69) is 15.3 Å². The highest BCUT2D eigenvalue weighted by Crippen LogP contribution is 2.05. The molecular formula is C14H12N4O. The number of amides is 1. The zero-order valence-electron chi connectivity index (χ0n) is 10.1. The topological polar surface area (TPSA) is 81.6 Å². The quantitative estimate of drug-likeness (QED) is 0.811. The molecule has 0 aliphatic carbocycles. The summed E-state index contributed by atoms with van der Waals surface area (Å²) in [5.41, 5.74) is 2.32. The van der Waals surface area contributed by atoms with Gasteiger partial charge in [0.2, 0.25) is 5.91 Å². The Hall–Kier alpha value is -2.87. The molecule has 0 saturated carbocycles. The van der Waals surface area contributed by atoms with Gasteiger partial charge in [-0.05, 0) is 23.8 Å². The maximum atomic E-state index is 11.6. The summed E-state index contributed by atoms with van der Waals surface area (Å²) in [6.45, 7) is 0.413. The van der Waals surface area contributed by atoms with E-state index in [-0.39, 0.29) is 5.91 Å². The zero-order chi connectivity index (χ0) is 13.5. The van der Waals surface area contributed by atoms with Gasteiger partial charge in [0.1, 0.15) is 0 Å². The highest BCUT2D eigenvalue weighted by atomic mass is 16.1.